The van der Waals surface area contributed by atoms with E-state index >= 15 is 0 Å². The predicted octanol–water partition coefficient (Wildman–Crippen LogP) is 0.534. The fourth-order valence-corrected chi connectivity index (χ4v) is 3.38. The number of nitrogens with one attached hydrogen (secondary N) is 1. The van der Waals surface area contributed by atoms with Gasteiger partial charge in [-0.25, -0.2) is 9.97 Å². The van der Waals surface area contributed by atoms with Gasteiger partial charge in [0.15, 0.2) is 0 Å². The number of rotatable bonds is 5. The molecule has 1 aromatic heterocycles. The van der Waals surface area contributed by atoms with Gasteiger partial charge in [0, 0.05) is 18.8 Å². The maximum atomic E-state index is 12.4. The second kappa shape index (κ2) is 7.96. The van der Waals surface area contributed by atoms with Crippen LogP contribution >= 0.6 is 0 Å². The Morgan fingerprint density at radius 3 is 2.41 bits per heavy atom. The molecule has 2 aliphatic heterocycles. The average Bonchev–Trinajstić information content (AvgIpc) is 2.98. The molecule has 9 nitrogen and oxygen atoms in total. The minimum absolute atomic E-state index is 0.183. The highest BCUT2D eigenvalue weighted by Crippen LogP contribution is 2.22. The van der Waals surface area contributed by atoms with Crippen molar-refractivity contribution >= 4 is 23.7 Å². The smallest absolute Gasteiger partial charge is 0.262 e. The Labute approximate surface area is 167 Å². The largest absolute Gasteiger partial charge is 0.378 e. The molecule has 9 heteroatoms. The first-order valence-electron chi connectivity index (χ1n) is 9.42. The number of imide groups is 1. The van der Waals surface area contributed by atoms with Gasteiger partial charge < -0.3 is 15.0 Å². The van der Waals surface area contributed by atoms with E-state index in [4.69, 9.17) is 4.74 Å². The van der Waals surface area contributed by atoms with Crippen LogP contribution in [0.15, 0.2) is 30.3 Å². The van der Waals surface area contributed by atoms with E-state index in [9.17, 15) is 14.4 Å². The molecule has 1 saturated heterocycles. The zero-order valence-electron chi connectivity index (χ0n) is 16.1. The normalized spacial score (nSPS) is 16.2. The number of morpholine rings is 1. The average molecular weight is 395 g/mol. The van der Waals surface area contributed by atoms with E-state index in [1.54, 1.807) is 30.3 Å². The molecule has 150 valence electrons. The summed E-state index contributed by atoms with van der Waals surface area (Å²) in [6, 6.07) is 8.36. The minimum Gasteiger partial charge on any atom is -0.378 e. The summed E-state index contributed by atoms with van der Waals surface area (Å²) in [7, 11) is 0. The number of carbonyl (C=O) groups is 3. The van der Waals surface area contributed by atoms with Gasteiger partial charge in [0.1, 0.15) is 6.54 Å². The molecule has 0 radical (unpaired) electrons. The van der Waals surface area contributed by atoms with Gasteiger partial charge >= 0.3 is 0 Å². The van der Waals surface area contributed by atoms with Gasteiger partial charge in [-0.3, -0.25) is 19.3 Å². The van der Waals surface area contributed by atoms with Crippen LogP contribution in [0.5, 0.6) is 0 Å². The molecule has 0 spiro atoms. The van der Waals surface area contributed by atoms with E-state index in [0.29, 0.717) is 36.0 Å². The number of nitrogens with zero attached hydrogens (tertiary/aromatic N) is 4. The van der Waals surface area contributed by atoms with Crippen molar-refractivity contribution in [2.45, 2.75) is 13.5 Å². The van der Waals surface area contributed by atoms with Crippen molar-refractivity contribution in [2.24, 2.45) is 0 Å². The molecule has 3 amide bonds. The summed E-state index contributed by atoms with van der Waals surface area (Å²) in [5.41, 5.74) is 2.11. The van der Waals surface area contributed by atoms with Gasteiger partial charge in [0.25, 0.3) is 11.8 Å². The van der Waals surface area contributed by atoms with Crippen molar-refractivity contribution in [2.75, 3.05) is 37.7 Å². The molecule has 29 heavy (non-hydrogen) atoms. The Balaban J connectivity index is 1.38. The zero-order chi connectivity index (χ0) is 20.4. The third-order valence-corrected chi connectivity index (χ3v) is 4.84. The summed E-state index contributed by atoms with van der Waals surface area (Å²) in [6.07, 6.45) is 0. The molecule has 0 saturated carbocycles. The fraction of sp³-hybridized carbons (Fsp3) is 0.350. The molecule has 1 aromatic carbocycles. The van der Waals surface area contributed by atoms with Crippen LogP contribution in [-0.2, 0) is 16.1 Å². The number of hydrogen-bond acceptors (Lipinski definition) is 7. The first kappa shape index (κ1) is 19.0. The third-order valence-electron chi connectivity index (χ3n) is 4.84. The lowest BCUT2D eigenvalue weighted by Gasteiger charge is -2.27. The van der Waals surface area contributed by atoms with Gasteiger partial charge in [-0.15, -0.1) is 0 Å². The molecule has 1 N–H and O–H groups in total. The van der Waals surface area contributed by atoms with Gasteiger partial charge in [0.2, 0.25) is 11.9 Å². The summed E-state index contributed by atoms with van der Waals surface area (Å²) in [4.78, 5) is 49.1. The lowest BCUT2D eigenvalue weighted by molar-refractivity contribution is -0.121. The Morgan fingerprint density at radius 1 is 1.10 bits per heavy atom. The Bertz CT molecular complexity index is 936. The van der Waals surface area contributed by atoms with E-state index in [2.05, 4.69) is 15.3 Å². The molecular weight excluding hydrogens is 374 g/mol. The van der Waals surface area contributed by atoms with Crippen molar-refractivity contribution in [3.63, 3.8) is 0 Å². The van der Waals surface area contributed by atoms with Crippen molar-refractivity contribution in [1.29, 1.82) is 0 Å². The molecule has 3 heterocycles. The third kappa shape index (κ3) is 3.95. The molecule has 2 aliphatic rings. The highest BCUT2D eigenvalue weighted by atomic mass is 16.5. The molecule has 0 unspecified atom stereocenters. The first-order valence-corrected chi connectivity index (χ1v) is 9.42. The van der Waals surface area contributed by atoms with Gasteiger partial charge in [-0.1, -0.05) is 12.1 Å². The second-order valence-corrected chi connectivity index (χ2v) is 6.92. The summed E-state index contributed by atoms with van der Waals surface area (Å²) >= 11 is 0. The van der Waals surface area contributed by atoms with E-state index in [0.717, 1.165) is 23.7 Å². The molecule has 0 bridgehead atoms. The first-order chi connectivity index (χ1) is 14.0. The summed E-state index contributed by atoms with van der Waals surface area (Å²) in [5.74, 6) is -0.719. The van der Waals surface area contributed by atoms with Crippen LogP contribution < -0.4 is 10.2 Å². The molecular formula is C20H21N5O4. The van der Waals surface area contributed by atoms with Crippen molar-refractivity contribution < 1.29 is 19.1 Å². The number of aryl methyl sites for hydroxylation is 1. The standard InChI is InChI=1S/C20H21N5O4/c1-13-10-14(23-20(22-13)24-6-8-29-9-7-24)11-21-17(26)12-25-18(27)15-4-2-3-5-16(15)19(25)28/h2-5,10H,6-9,11-12H2,1H3,(H,21,26). The summed E-state index contributed by atoms with van der Waals surface area (Å²) in [6.45, 7) is 4.42. The molecule has 2 aromatic rings. The fourth-order valence-electron chi connectivity index (χ4n) is 3.38. The maximum Gasteiger partial charge on any atom is 0.262 e. The Hall–Kier alpha value is -3.33. The summed E-state index contributed by atoms with van der Waals surface area (Å²) in [5, 5.41) is 2.73. The van der Waals surface area contributed by atoms with E-state index in [-0.39, 0.29) is 13.1 Å². The molecule has 4 rings (SSSR count). The monoisotopic (exact) mass is 395 g/mol. The van der Waals surface area contributed by atoms with Crippen LogP contribution in [0.2, 0.25) is 0 Å². The van der Waals surface area contributed by atoms with E-state index < -0.39 is 17.7 Å². The van der Waals surface area contributed by atoms with Gasteiger partial charge in [0.05, 0.1) is 36.6 Å². The number of hydrogen-bond donors (Lipinski definition) is 1. The van der Waals surface area contributed by atoms with Gasteiger partial charge in [-0.05, 0) is 25.1 Å². The van der Waals surface area contributed by atoms with Crippen LogP contribution in [0.25, 0.3) is 0 Å². The van der Waals surface area contributed by atoms with Crippen molar-refractivity contribution in [1.82, 2.24) is 20.2 Å². The van der Waals surface area contributed by atoms with Crippen LogP contribution in [0.4, 0.5) is 5.95 Å². The number of anilines is 1. The lowest BCUT2D eigenvalue weighted by atomic mass is 10.1. The van der Waals surface area contributed by atoms with Crippen LogP contribution in [0.1, 0.15) is 32.1 Å². The van der Waals surface area contributed by atoms with Crippen molar-refractivity contribution in [3.05, 3.63) is 52.8 Å². The Kier molecular flexibility index (Phi) is 5.22. The van der Waals surface area contributed by atoms with Crippen LogP contribution in [-0.4, -0.2) is 65.4 Å². The van der Waals surface area contributed by atoms with E-state index in [1.807, 2.05) is 11.8 Å². The molecule has 0 aliphatic carbocycles. The number of carbonyl (C=O) groups excluding carboxylic acids is 3. The number of amides is 3. The Morgan fingerprint density at radius 2 is 1.76 bits per heavy atom. The minimum atomic E-state index is -0.451. The number of aromatic nitrogens is 2. The zero-order valence-corrected chi connectivity index (χ0v) is 16.1. The topological polar surface area (TPSA) is 105 Å². The lowest BCUT2D eigenvalue weighted by Crippen LogP contribution is -2.40. The quantitative estimate of drug-likeness (QED) is 0.737. The number of benzene rings is 1. The second-order valence-electron chi connectivity index (χ2n) is 6.92. The predicted molar refractivity (Wildman–Crippen MR) is 103 cm³/mol. The van der Waals surface area contributed by atoms with E-state index in [1.165, 1.54) is 0 Å². The van der Waals surface area contributed by atoms with Crippen molar-refractivity contribution in [3.8, 4) is 0 Å². The van der Waals surface area contributed by atoms with Crippen LogP contribution in [0, 0.1) is 6.92 Å². The SMILES string of the molecule is Cc1cc(CNC(=O)CN2C(=O)c3ccccc3C2=O)nc(N2CCOCC2)n1. The van der Waals surface area contributed by atoms with Gasteiger partial charge in [-0.2, -0.15) is 0 Å². The van der Waals surface area contributed by atoms with Crippen LogP contribution in [0.3, 0.4) is 0 Å². The highest BCUT2D eigenvalue weighted by Gasteiger charge is 2.36. The highest BCUT2D eigenvalue weighted by molar-refractivity contribution is 6.22. The number of ether oxygens (including phenoxy) is 1. The maximum absolute atomic E-state index is 12.4. The number of fused-ring (bicyclic) bond motifs is 1. The summed E-state index contributed by atoms with van der Waals surface area (Å²) < 4.78 is 5.35. The molecule has 1 fully saturated rings. The molecule has 0 atom stereocenters.